The van der Waals surface area contributed by atoms with Gasteiger partial charge in [-0.25, -0.2) is 0 Å². The summed E-state index contributed by atoms with van der Waals surface area (Å²) in [5.41, 5.74) is 1.38. The smallest absolute Gasteiger partial charge is 0.173 e. The third-order valence-corrected chi connectivity index (χ3v) is 1.82. The minimum Gasteiger partial charge on any atom is -0.337 e. The summed E-state index contributed by atoms with van der Waals surface area (Å²) in [6.45, 7) is 0.396. The van der Waals surface area contributed by atoms with Gasteiger partial charge in [-0.3, -0.25) is 4.79 Å². The predicted octanol–water partition coefficient (Wildman–Crippen LogP) is 1.84. The molecular formula is C10H8O3. The molecule has 0 aromatic heterocycles. The van der Waals surface area contributed by atoms with Crippen molar-refractivity contribution in [2.24, 2.45) is 0 Å². The number of carbonyl (C=O) groups is 1. The Morgan fingerprint density at radius 2 is 2.31 bits per heavy atom. The topological polar surface area (TPSA) is 35.5 Å². The molecule has 1 aliphatic rings. The van der Waals surface area contributed by atoms with Gasteiger partial charge >= 0.3 is 0 Å². The maximum atomic E-state index is 10.7. The average Bonchev–Trinajstić information content (AvgIpc) is 2.41. The van der Waals surface area contributed by atoms with Gasteiger partial charge in [0.2, 0.25) is 0 Å². The monoisotopic (exact) mass is 176 g/mol. The Labute approximate surface area is 75.5 Å². The SMILES string of the molecule is O=Cc1cccc2c1C=CCOO2. The molecule has 0 atom stereocenters. The Bertz CT molecular complexity index is 355. The lowest BCUT2D eigenvalue weighted by Crippen LogP contribution is -1.96. The molecule has 1 aliphatic heterocycles. The summed E-state index contributed by atoms with van der Waals surface area (Å²) in [5.74, 6) is 0.582. The summed E-state index contributed by atoms with van der Waals surface area (Å²) in [6, 6.07) is 5.26. The van der Waals surface area contributed by atoms with E-state index in [0.29, 0.717) is 17.9 Å². The summed E-state index contributed by atoms with van der Waals surface area (Å²) in [6.07, 6.45) is 4.43. The first kappa shape index (κ1) is 8.01. The van der Waals surface area contributed by atoms with E-state index in [4.69, 9.17) is 9.78 Å². The standard InChI is InChI=1S/C10H8O3/c11-7-8-3-1-5-10-9(8)4-2-6-12-13-10/h1-5,7H,6H2. The molecule has 66 valence electrons. The van der Waals surface area contributed by atoms with E-state index in [9.17, 15) is 4.79 Å². The highest BCUT2D eigenvalue weighted by atomic mass is 17.2. The van der Waals surface area contributed by atoms with Crippen LogP contribution in [0.2, 0.25) is 0 Å². The minimum absolute atomic E-state index is 0.396. The van der Waals surface area contributed by atoms with Crippen molar-refractivity contribution in [1.82, 2.24) is 0 Å². The summed E-state index contributed by atoms with van der Waals surface area (Å²) < 4.78 is 0. The van der Waals surface area contributed by atoms with Crippen molar-refractivity contribution < 1.29 is 14.6 Å². The molecule has 0 amide bonds. The van der Waals surface area contributed by atoms with Crippen molar-refractivity contribution in [3.05, 3.63) is 35.4 Å². The fourth-order valence-corrected chi connectivity index (χ4v) is 1.22. The maximum Gasteiger partial charge on any atom is 0.173 e. The van der Waals surface area contributed by atoms with Crippen LogP contribution in [-0.2, 0) is 4.89 Å². The van der Waals surface area contributed by atoms with Crippen molar-refractivity contribution in [3.8, 4) is 5.75 Å². The van der Waals surface area contributed by atoms with Gasteiger partial charge in [-0.05, 0) is 6.07 Å². The molecule has 2 rings (SSSR count). The molecule has 0 saturated heterocycles. The van der Waals surface area contributed by atoms with Crippen molar-refractivity contribution >= 4 is 12.4 Å². The van der Waals surface area contributed by atoms with Crippen LogP contribution in [0.4, 0.5) is 0 Å². The second-order valence-electron chi connectivity index (χ2n) is 2.65. The Hall–Kier alpha value is -1.61. The van der Waals surface area contributed by atoms with Crippen LogP contribution in [0, 0.1) is 0 Å². The quantitative estimate of drug-likeness (QED) is 0.483. The van der Waals surface area contributed by atoms with Crippen molar-refractivity contribution in [3.63, 3.8) is 0 Å². The zero-order valence-corrected chi connectivity index (χ0v) is 6.90. The van der Waals surface area contributed by atoms with E-state index >= 15 is 0 Å². The van der Waals surface area contributed by atoms with Gasteiger partial charge in [0.15, 0.2) is 12.0 Å². The Morgan fingerprint density at radius 3 is 3.15 bits per heavy atom. The fourth-order valence-electron chi connectivity index (χ4n) is 1.22. The summed E-state index contributed by atoms with van der Waals surface area (Å²) in [7, 11) is 0. The molecule has 1 heterocycles. The highest BCUT2D eigenvalue weighted by molar-refractivity contribution is 5.84. The molecule has 0 spiro atoms. The van der Waals surface area contributed by atoms with Crippen LogP contribution in [0.5, 0.6) is 5.75 Å². The van der Waals surface area contributed by atoms with E-state index < -0.39 is 0 Å². The highest BCUT2D eigenvalue weighted by Gasteiger charge is 2.08. The second kappa shape index (κ2) is 3.41. The van der Waals surface area contributed by atoms with Gasteiger partial charge < -0.3 is 4.89 Å². The summed E-state index contributed by atoms with van der Waals surface area (Å²) in [4.78, 5) is 20.4. The lowest BCUT2D eigenvalue weighted by atomic mass is 10.1. The molecule has 0 radical (unpaired) electrons. The van der Waals surface area contributed by atoms with Crippen LogP contribution in [0.15, 0.2) is 24.3 Å². The highest BCUT2D eigenvalue weighted by Crippen LogP contribution is 2.24. The van der Waals surface area contributed by atoms with Gasteiger partial charge in [-0.2, -0.15) is 4.89 Å². The molecule has 13 heavy (non-hydrogen) atoms. The molecule has 3 heteroatoms. The van der Waals surface area contributed by atoms with Crippen molar-refractivity contribution in [2.75, 3.05) is 6.61 Å². The van der Waals surface area contributed by atoms with Crippen LogP contribution < -0.4 is 4.89 Å². The number of hydrogen-bond donors (Lipinski definition) is 0. The number of fused-ring (bicyclic) bond motifs is 1. The van der Waals surface area contributed by atoms with Gasteiger partial charge in [-0.1, -0.05) is 24.3 Å². The van der Waals surface area contributed by atoms with E-state index in [2.05, 4.69) is 0 Å². The number of carbonyl (C=O) groups excluding carboxylic acids is 1. The van der Waals surface area contributed by atoms with Gasteiger partial charge in [-0.15, -0.1) is 0 Å². The first-order chi connectivity index (χ1) is 6.42. The van der Waals surface area contributed by atoms with Crippen molar-refractivity contribution in [2.45, 2.75) is 0 Å². The van der Waals surface area contributed by atoms with E-state index in [1.54, 1.807) is 24.3 Å². The van der Waals surface area contributed by atoms with Crippen molar-refractivity contribution in [1.29, 1.82) is 0 Å². The predicted molar refractivity (Wildman–Crippen MR) is 47.4 cm³/mol. The maximum absolute atomic E-state index is 10.7. The second-order valence-corrected chi connectivity index (χ2v) is 2.65. The van der Waals surface area contributed by atoms with Gasteiger partial charge in [0, 0.05) is 11.1 Å². The van der Waals surface area contributed by atoms with Gasteiger partial charge in [0.05, 0.1) is 0 Å². The molecule has 0 fully saturated rings. The normalized spacial score (nSPS) is 14.2. The van der Waals surface area contributed by atoms with Crippen LogP contribution in [-0.4, -0.2) is 12.9 Å². The number of aldehydes is 1. The average molecular weight is 176 g/mol. The summed E-state index contributed by atoms with van der Waals surface area (Å²) in [5, 5.41) is 0. The number of benzene rings is 1. The lowest BCUT2D eigenvalue weighted by Gasteiger charge is -2.04. The zero-order valence-electron chi connectivity index (χ0n) is 6.90. The van der Waals surface area contributed by atoms with Crippen LogP contribution in [0.1, 0.15) is 15.9 Å². The molecule has 0 saturated carbocycles. The first-order valence-electron chi connectivity index (χ1n) is 3.96. The van der Waals surface area contributed by atoms with E-state index in [1.807, 2.05) is 6.08 Å². The largest absolute Gasteiger partial charge is 0.337 e. The fraction of sp³-hybridized carbons (Fsp3) is 0.100. The third-order valence-electron chi connectivity index (χ3n) is 1.82. The van der Waals surface area contributed by atoms with Crippen LogP contribution in [0.3, 0.4) is 0 Å². The van der Waals surface area contributed by atoms with E-state index in [-0.39, 0.29) is 0 Å². The Morgan fingerprint density at radius 1 is 1.38 bits per heavy atom. The Kier molecular flexibility index (Phi) is 2.10. The third kappa shape index (κ3) is 1.46. The molecule has 0 aliphatic carbocycles. The molecule has 1 aromatic rings. The first-order valence-corrected chi connectivity index (χ1v) is 3.96. The summed E-state index contributed by atoms with van der Waals surface area (Å²) >= 11 is 0. The molecule has 1 aromatic carbocycles. The lowest BCUT2D eigenvalue weighted by molar-refractivity contribution is -0.194. The number of hydrogen-bond acceptors (Lipinski definition) is 3. The van der Waals surface area contributed by atoms with Gasteiger partial charge in [0.25, 0.3) is 0 Å². The van der Waals surface area contributed by atoms with E-state index in [0.717, 1.165) is 11.8 Å². The van der Waals surface area contributed by atoms with E-state index in [1.165, 1.54) is 0 Å². The zero-order chi connectivity index (χ0) is 9.10. The minimum atomic E-state index is 0.396. The molecule has 0 unspecified atom stereocenters. The molecule has 0 N–H and O–H groups in total. The van der Waals surface area contributed by atoms with Crippen LogP contribution in [0.25, 0.3) is 6.08 Å². The molecule has 3 nitrogen and oxygen atoms in total. The molecular weight excluding hydrogens is 168 g/mol. The molecule has 0 bridgehead atoms. The Balaban J connectivity index is 2.56. The van der Waals surface area contributed by atoms with Gasteiger partial charge in [0.1, 0.15) is 6.61 Å². The number of rotatable bonds is 1. The van der Waals surface area contributed by atoms with Crippen LogP contribution >= 0.6 is 0 Å².